The van der Waals surface area contributed by atoms with Crippen LogP contribution >= 0.6 is 0 Å². The van der Waals surface area contributed by atoms with Gasteiger partial charge in [0.15, 0.2) is 11.5 Å². The number of hydrogen-bond acceptors (Lipinski definition) is 5. The van der Waals surface area contributed by atoms with Gasteiger partial charge in [-0.1, -0.05) is 12.1 Å². The van der Waals surface area contributed by atoms with Crippen molar-refractivity contribution in [2.45, 2.75) is 0 Å². The molecule has 0 unspecified atom stereocenters. The fourth-order valence-electron chi connectivity index (χ4n) is 2.29. The van der Waals surface area contributed by atoms with E-state index < -0.39 is 11.8 Å². The number of hydrogen-bond donors (Lipinski definition) is 2. The largest absolute Gasteiger partial charge is 0.493 e. The van der Waals surface area contributed by atoms with Gasteiger partial charge in [0.2, 0.25) is 5.91 Å². The van der Waals surface area contributed by atoms with Gasteiger partial charge in [0.05, 0.1) is 37.1 Å². The van der Waals surface area contributed by atoms with Crippen LogP contribution in [0.1, 0.15) is 15.9 Å². The number of amides is 2. The lowest BCUT2D eigenvalue weighted by Gasteiger charge is -2.09. The van der Waals surface area contributed by atoms with Crippen LogP contribution < -0.4 is 20.5 Å². The Balaban J connectivity index is 2.31. The molecule has 7 nitrogen and oxygen atoms in total. The number of methoxy groups -OCH3 is 2. The number of anilines is 1. The van der Waals surface area contributed by atoms with Crippen molar-refractivity contribution in [3.63, 3.8) is 0 Å². The van der Waals surface area contributed by atoms with Crippen LogP contribution in [-0.4, -0.2) is 26.0 Å². The molecule has 0 atom stereocenters. The molecule has 0 fully saturated rings. The van der Waals surface area contributed by atoms with E-state index in [-0.39, 0.29) is 16.8 Å². The average molecular weight is 351 g/mol. The number of primary amides is 1. The first-order valence-corrected chi connectivity index (χ1v) is 7.54. The molecular formula is C19H17N3O4. The van der Waals surface area contributed by atoms with Crippen molar-refractivity contribution in [2.75, 3.05) is 19.5 Å². The molecule has 2 amide bonds. The Morgan fingerprint density at radius 1 is 1.12 bits per heavy atom. The minimum absolute atomic E-state index is 0.125. The molecule has 2 rings (SSSR count). The highest BCUT2D eigenvalue weighted by Gasteiger charge is 2.12. The molecule has 2 aromatic rings. The van der Waals surface area contributed by atoms with Crippen LogP contribution in [0.3, 0.4) is 0 Å². The number of para-hydroxylation sites is 1. The summed E-state index contributed by atoms with van der Waals surface area (Å²) in [5.41, 5.74) is 6.35. The Hall–Kier alpha value is -3.79. The van der Waals surface area contributed by atoms with E-state index >= 15 is 0 Å². The van der Waals surface area contributed by atoms with Gasteiger partial charge in [-0.15, -0.1) is 0 Å². The Kier molecular flexibility index (Phi) is 5.96. The summed E-state index contributed by atoms with van der Waals surface area (Å²) in [5.74, 6) is -0.283. The fourth-order valence-corrected chi connectivity index (χ4v) is 2.29. The van der Waals surface area contributed by atoms with Gasteiger partial charge in [-0.3, -0.25) is 9.59 Å². The quantitative estimate of drug-likeness (QED) is 0.612. The predicted molar refractivity (Wildman–Crippen MR) is 96.7 cm³/mol. The molecule has 0 aliphatic heterocycles. The van der Waals surface area contributed by atoms with Crippen LogP contribution in [0, 0.1) is 11.3 Å². The second-order valence-electron chi connectivity index (χ2n) is 5.14. The highest BCUT2D eigenvalue weighted by atomic mass is 16.5. The van der Waals surface area contributed by atoms with E-state index in [0.29, 0.717) is 17.1 Å². The lowest BCUT2D eigenvalue weighted by molar-refractivity contribution is -0.111. The van der Waals surface area contributed by atoms with Crippen molar-refractivity contribution in [3.05, 3.63) is 59.7 Å². The number of carbonyl (C=O) groups is 2. The van der Waals surface area contributed by atoms with Gasteiger partial charge in [-0.05, 0) is 35.9 Å². The number of benzene rings is 2. The topological polar surface area (TPSA) is 114 Å². The standard InChI is InChI=1S/C19H17N3O4/c1-25-16-8-7-12(9-17(16)26-2)13(11-20)10-18(23)22-15-6-4-3-5-14(15)19(21)24/h3-10H,1-2H3,(H2,21,24)(H,22,23)/b13-10+. The molecule has 0 radical (unpaired) electrons. The van der Waals surface area contributed by atoms with Crippen molar-refractivity contribution in [3.8, 4) is 17.6 Å². The van der Waals surface area contributed by atoms with E-state index in [2.05, 4.69) is 5.32 Å². The monoisotopic (exact) mass is 351 g/mol. The highest BCUT2D eigenvalue weighted by molar-refractivity contribution is 6.09. The van der Waals surface area contributed by atoms with Crippen molar-refractivity contribution < 1.29 is 19.1 Å². The third-order valence-corrected chi connectivity index (χ3v) is 3.54. The molecule has 7 heteroatoms. The van der Waals surface area contributed by atoms with E-state index in [1.54, 1.807) is 36.4 Å². The number of nitrogens with one attached hydrogen (secondary N) is 1. The summed E-state index contributed by atoms with van der Waals surface area (Å²) in [7, 11) is 2.98. The van der Waals surface area contributed by atoms with Gasteiger partial charge < -0.3 is 20.5 Å². The summed E-state index contributed by atoms with van der Waals surface area (Å²) >= 11 is 0. The molecule has 0 spiro atoms. The van der Waals surface area contributed by atoms with Gasteiger partial charge in [0.1, 0.15) is 0 Å². The van der Waals surface area contributed by atoms with Gasteiger partial charge in [-0.25, -0.2) is 0 Å². The van der Waals surface area contributed by atoms with Crippen LogP contribution in [0.25, 0.3) is 5.57 Å². The third kappa shape index (κ3) is 4.19. The van der Waals surface area contributed by atoms with Crippen molar-refractivity contribution in [2.24, 2.45) is 5.73 Å². The van der Waals surface area contributed by atoms with Crippen molar-refractivity contribution >= 4 is 23.1 Å². The number of carbonyl (C=O) groups excluding carboxylic acids is 2. The van der Waals surface area contributed by atoms with E-state index in [1.165, 1.54) is 20.3 Å². The number of nitrogens with zero attached hydrogens (tertiary/aromatic N) is 1. The lowest BCUT2D eigenvalue weighted by atomic mass is 10.1. The van der Waals surface area contributed by atoms with Crippen molar-refractivity contribution in [1.82, 2.24) is 0 Å². The number of nitriles is 1. The van der Waals surface area contributed by atoms with Crippen molar-refractivity contribution in [1.29, 1.82) is 5.26 Å². The molecule has 0 aromatic heterocycles. The van der Waals surface area contributed by atoms with Gasteiger partial charge in [0, 0.05) is 6.08 Å². The zero-order chi connectivity index (χ0) is 19.1. The second kappa shape index (κ2) is 8.35. The van der Waals surface area contributed by atoms with Crippen LogP contribution in [-0.2, 0) is 4.79 Å². The molecule has 0 saturated heterocycles. The van der Waals surface area contributed by atoms with Crippen LogP contribution in [0.4, 0.5) is 5.69 Å². The minimum atomic E-state index is -0.662. The normalized spacial score (nSPS) is 10.6. The van der Waals surface area contributed by atoms with Gasteiger partial charge >= 0.3 is 0 Å². The Bertz CT molecular complexity index is 913. The first-order valence-electron chi connectivity index (χ1n) is 7.54. The number of nitrogens with two attached hydrogens (primary N) is 1. The maximum Gasteiger partial charge on any atom is 0.250 e. The van der Waals surface area contributed by atoms with E-state index in [4.69, 9.17) is 15.2 Å². The molecule has 0 aliphatic rings. The summed E-state index contributed by atoms with van der Waals surface area (Å²) in [6.07, 6.45) is 1.14. The Morgan fingerprint density at radius 2 is 1.81 bits per heavy atom. The lowest BCUT2D eigenvalue weighted by Crippen LogP contribution is -2.17. The number of rotatable bonds is 6. The maximum atomic E-state index is 12.3. The first-order chi connectivity index (χ1) is 12.5. The number of allylic oxidation sites excluding steroid dienone is 1. The molecular weight excluding hydrogens is 334 g/mol. The average Bonchev–Trinajstić information content (AvgIpc) is 2.65. The highest BCUT2D eigenvalue weighted by Crippen LogP contribution is 2.30. The summed E-state index contributed by atoms with van der Waals surface area (Å²) in [4.78, 5) is 23.7. The summed E-state index contributed by atoms with van der Waals surface area (Å²) in [6.45, 7) is 0. The molecule has 132 valence electrons. The maximum absolute atomic E-state index is 12.3. The smallest absolute Gasteiger partial charge is 0.250 e. The van der Waals surface area contributed by atoms with E-state index in [1.807, 2.05) is 6.07 Å². The fraction of sp³-hybridized carbons (Fsp3) is 0.105. The molecule has 2 aromatic carbocycles. The second-order valence-corrected chi connectivity index (χ2v) is 5.14. The summed E-state index contributed by atoms with van der Waals surface area (Å²) in [5, 5.41) is 11.9. The Morgan fingerprint density at radius 3 is 2.42 bits per heavy atom. The zero-order valence-corrected chi connectivity index (χ0v) is 14.3. The number of ether oxygens (including phenoxy) is 2. The van der Waals surface area contributed by atoms with Crippen LogP contribution in [0.5, 0.6) is 11.5 Å². The zero-order valence-electron chi connectivity index (χ0n) is 14.3. The molecule has 0 aliphatic carbocycles. The van der Waals surface area contributed by atoms with Crippen LogP contribution in [0.15, 0.2) is 48.5 Å². The summed E-state index contributed by atoms with van der Waals surface area (Å²) in [6, 6.07) is 13.2. The summed E-state index contributed by atoms with van der Waals surface area (Å²) < 4.78 is 10.4. The first kappa shape index (κ1) is 18.5. The van der Waals surface area contributed by atoms with Gasteiger partial charge in [-0.2, -0.15) is 5.26 Å². The predicted octanol–water partition coefficient (Wildman–Crippen LogP) is 2.35. The van der Waals surface area contributed by atoms with Gasteiger partial charge in [0.25, 0.3) is 5.91 Å². The van der Waals surface area contributed by atoms with E-state index in [9.17, 15) is 14.9 Å². The molecule has 0 heterocycles. The minimum Gasteiger partial charge on any atom is -0.493 e. The van der Waals surface area contributed by atoms with E-state index in [0.717, 1.165) is 6.08 Å². The van der Waals surface area contributed by atoms with Crippen LogP contribution in [0.2, 0.25) is 0 Å². The Labute approximate surface area is 150 Å². The molecule has 3 N–H and O–H groups in total. The SMILES string of the molecule is COc1ccc(/C(C#N)=C/C(=O)Nc2ccccc2C(N)=O)cc1OC. The third-order valence-electron chi connectivity index (χ3n) is 3.54. The molecule has 26 heavy (non-hydrogen) atoms. The molecule has 0 saturated carbocycles. The molecule has 0 bridgehead atoms.